The van der Waals surface area contributed by atoms with Crippen LogP contribution in [0.25, 0.3) is 0 Å². The highest BCUT2D eigenvalue weighted by Gasteiger charge is 2.54. The molecule has 0 N–H and O–H groups in total. The number of hydrogen-bond acceptors (Lipinski definition) is 6. The summed E-state index contributed by atoms with van der Waals surface area (Å²) in [6, 6.07) is 11.3. The Morgan fingerprint density at radius 2 is 1.74 bits per heavy atom. The van der Waals surface area contributed by atoms with Crippen LogP contribution in [-0.4, -0.2) is 42.6 Å². The first kappa shape index (κ1) is 17.1. The van der Waals surface area contributed by atoms with Crippen molar-refractivity contribution in [3.8, 4) is 5.75 Å². The Hall–Kier alpha value is -3.29. The second-order valence-corrected chi connectivity index (χ2v) is 6.34. The zero-order valence-electron chi connectivity index (χ0n) is 14.6. The molecular formula is C19H17FN4O3. The van der Waals surface area contributed by atoms with Crippen LogP contribution in [0.1, 0.15) is 5.56 Å². The zero-order valence-corrected chi connectivity index (χ0v) is 14.6. The van der Waals surface area contributed by atoms with Gasteiger partial charge in [0.2, 0.25) is 0 Å². The molecule has 2 atom stereocenters. The number of carbonyl (C=O) groups excluding carboxylic acids is 2. The number of carbonyl (C=O) groups is 2. The first-order valence-electron chi connectivity index (χ1n) is 8.52. The van der Waals surface area contributed by atoms with Gasteiger partial charge in [-0.1, -0.05) is 17.4 Å². The third-order valence-electron chi connectivity index (χ3n) is 4.73. The van der Waals surface area contributed by atoms with Crippen molar-refractivity contribution in [2.24, 2.45) is 10.3 Å². The lowest BCUT2D eigenvalue weighted by atomic mass is 10.1. The zero-order chi connectivity index (χ0) is 19.0. The molecule has 2 aliphatic heterocycles. The maximum Gasteiger partial charge on any atom is 0.263 e. The van der Waals surface area contributed by atoms with E-state index >= 15 is 0 Å². The highest BCUT2D eigenvalue weighted by molar-refractivity contribution is 6.25. The van der Waals surface area contributed by atoms with Gasteiger partial charge < -0.3 is 4.74 Å². The minimum absolute atomic E-state index is 0.339. The van der Waals surface area contributed by atoms with E-state index in [0.717, 1.165) is 16.2 Å². The van der Waals surface area contributed by atoms with Crippen molar-refractivity contribution >= 4 is 17.5 Å². The maximum atomic E-state index is 13.1. The standard InChI is InChI=1S/C19H17FN4O3/c1-27-15-8-2-12(3-9-15)10-11-23-17-16(21-22-23)18(25)24(19(17)26)14-6-4-13(20)5-7-14/h2-9,16-17H,10-11H2,1H3/t16-,17-/m1/s1. The Kier molecular flexibility index (Phi) is 4.31. The van der Waals surface area contributed by atoms with Crippen molar-refractivity contribution in [1.29, 1.82) is 0 Å². The monoisotopic (exact) mass is 368 g/mol. The molecule has 2 heterocycles. The van der Waals surface area contributed by atoms with Gasteiger partial charge in [-0.25, -0.2) is 9.29 Å². The van der Waals surface area contributed by atoms with Crippen molar-refractivity contribution in [2.45, 2.75) is 18.5 Å². The van der Waals surface area contributed by atoms with E-state index in [1.165, 1.54) is 24.3 Å². The van der Waals surface area contributed by atoms with Crippen LogP contribution in [-0.2, 0) is 16.0 Å². The Balaban J connectivity index is 1.48. The highest BCUT2D eigenvalue weighted by atomic mass is 19.1. The van der Waals surface area contributed by atoms with Gasteiger partial charge in [-0.05, 0) is 48.4 Å². The molecule has 27 heavy (non-hydrogen) atoms. The molecule has 2 amide bonds. The number of methoxy groups -OCH3 is 1. The van der Waals surface area contributed by atoms with Gasteiger partial charge in [0.1, 0.15) is 11.6 Å². The Morgan fingerprint density at radius 3 is 2.41 bits per heavy atom. The topological polar surface area (TPSA) is 74.6 Å². The predicted molar refractivity (Wildman–Crippen MR) is 94.7 cm³/mol. The van der Waals surface area contributed by atoms with E-state index < -0.39 is 29.7 Å². The van der Waals surface area contributed by atoms with Gasteiger partial charge in [-0.15, -0.1) is 0 Å². The molecule has 0 bridgehead atoms. The summed E-state index contributed by atoms with van der Waals surface area (Å²) >= 11 is 0. The molecule has 0 aromatic heterocycles. The van der Waals surface area contributed by atoms with E-state index in [9.17, 15) is 14.0 Å². The van der Waals surface area contributed by atoms with Crippen LogP contribution in [0.15, 0.2) is 58.9 Å². The lowest BCUT2D eigenvalue weighted by molar-refractivity contribution is -0.123. The molecule has 1 fully saturated rings. The van der Waals surface area contributed by atoms with E-state index in [1.807, 2.05) is 24.3 Å². The summed E-state index contributed by atoms with van der Waals surface area (Å²) in [7, 11) is 1.61. The van der Waals surface area contributed by atoms with Crippen molar-refractivity contribution in [3.05, 3.63) is 59.9 Å². The molecule has 2 aliphatic rings. The van der Waals surface area contributed by atoms with Gasteiger partial charge in [0.25, 0.3) is 11.8 Å². The molecule has 7 nitrogen and oxygen atoms in total. The van der Waals surface area contributed by atoms with Gasteiger partial charge >= 0.3 is 0 Å². The lowest BCUT2D eigenvalue weighted by Crippen LogP contribution is -2.40. The second kappa shape index (κ2) is 6.79. The number of amides is 2. The van der Waals surface area contributed by atoms with Crippen molar-refractivity contribution in [2.75, 3.05) is 18.6 Å². The number of anilines is 1. The second-order valence-electron chi connectivity index (χ2n) is 6.34. The van der Waals surface area contributed by atoms with Crippen LogP contribution in [0.5, 0.6) is 5.75 Å². The van der Waals surface area contributed by atoms with E-state index in [0.29, 0.717) is 18.7 Å². The largest absolute Gasteiger partial charge is 0.497 e. The fourth-order valence-corrected chi connectivity index (χ4v) is 3.29. The summed E-state index contributed by atoms with van der Waals surface area (Å²) in [5.74, 6) is -0.492. The number of halogens is 1. The molecule has 8 heteroatoms. The van der Waals surface area contributed by atoms with Crippen LogP contribution in [0.4, 0.5) is 10.1 Å². The van der Waals surface area contributed by atoms with E-state index in [1.54, 1.807) is 12.1 Å². The van der Waals surface area contributed by atoms with Gasteiger partial charge in [0, 0.05) is 6.54 Å². The highest BCUT2D eigenvalue weighted by Crippen LogP contribution is 2.32. The van der Waals surface area contributed by atoms with Crippen LogP contribution >= 0.6 is 0 Å². The van der Waals surface area contributed by atoms with Crippen LogP contribution < -0.4 is 9.64 Å². The number of benzene rings is 2. The molecule has 2 aromatic rings. The maximum absolute atomic E-state index is 13.1. The predicted octanol–water partition coefficient (Wildman–Crippen LogP) is 2.37. The fourth-order valence-electron chi connectivity index (χ4n) is 3.29. The molecule has 4 rings (SSSR count). The van der Waals surface area contributed by atoms with Gasteiger partial charge in [-0.2, -0.15) is 5.11 Å². The van der Waals surface area contributed by atoms with E-state index in [2.05, 4.69) is 10.3 Å². The quantitative estimate of drug-likeness (QED) is 0.760. The number of nitrogens with zero attached hydrogens (tertiary/aromatic N) is 4. The molecule has 0 unspecified atom stereocenters. The summed E-state index contributed by atoms with van der Waals surface area (Å²) in [5.41, 5.74) is 1.40. The molecule has 0 aliphatic carbocycles. The Morgan fingerprint density at radius 1 is 1.04 bits per heavy atom. The van der Waals surface area contributed by atoms with Crippen molar-refractivity contribution < 1.29 is 18.7 Å². The first-order valence-corrected chi connectivity index (χ1v) is 8.52. The number of fused-ring (bicyclic) bond motifs is 1. The normalized spacial score (nSPS) is 21.1. The average Bonchev–Trinajstić information content (AvgIpc) is 3.21. The molecule has 1 saturated heterocycles. The Bertz CT molecular complexity index is 898. The molecule has 0 saturated carbocycles. The number of ether oxygens (including phenoxy) is 1. The van der Waals surface area contributed by atoms with Gasteiger partial charge in [0.05, 0.1) is 12.8 Å². The van der Waals surface area contributed by atoms with Crippen LogP contribution in [0, 0.1) is 5.82 Å². The van der Waals surface area contributed by atoms with Crippen molar-refractivity contribution in [1.82, 2.24) is 5.01 Å². The summed E-state index contributed by atoms with van der Waals surface area (Å²) in [6.07, 6.45) is 0.643. The van der Waals surface area contributed by atoms with E-state index in [4.69, 9.17) is 4.74 Å². The minimum Gasteiger partial charge on any atom is -0.497 e. The summed E-state index contributed by atoms with van der Waals surface area (Å²) in [6.45, 7) is 0.452. The third-order valence-corrected chi connectivity index (χ3v) is 4.73. The minimum atomic E-state index is -0.849. The first-order chi connectivity index (χ1) is 13.1. The molecular weight excluding hydrogens is 351 g/mol. The van der Waals surface area contributed by atoms with Gasteiger partial charge in [-0.3, -0.25) is 14.6 Å². The molecule has 0 spiro atoms. The summed E-state index contributed by atoms with van der Waals surface area (Å²) < 4.78 is 18.3. The molecule has 2 aromatic carbocycles. The van der Waals surface area contributed by atoms with E-state index in [-0.39, 0.29) is 0 Å². The van der Waals surface area contributed by atoms with Gasteiger partial charge in [0.15, 0.2) is 12.1 Å². The molecule has 0 radical (unpaired) electrons. The van der Waals surface area contributed by atoms with Crippen LogP contribution in [0.3, 0.4) is 0 Å². The number of imide groups is 1. The number of hydrogen-bond donors (Lipinski definition) is 0. The Labute approximate surface area is 155 Å². The van der Waals surface area contributed by atoms with Crippen molar-refractivity contribution in [3.63, 3.8) is 0 Å². The lowest BCUT2D eigenvalue weighted by Gasteiger charge is -2.20. The smallest absolute Gasteiger partial charge is 0.263 e. The summed E-state index contributed by atoms with van der Waals surface area (Å²) in [4.78, 5) is 26.5. The molecule has 138 valence electrons. The van der Waals surface area contributed by atoms with Crippen LogP contribution in [0.2, 0.25) is 0 Å². The average molecular weight is 368 g/mol. The number of rotatable bonds is 5. The SMILES string of the molecule is COc1ccc(CCN2N=N[C@H]3C(=O)N(c4ccc(F)cc4)C(=O)[C@@H]32)cc1. The third kappa shape index (κ3) is 3.03. The fraction of sp³-hybridized carbons (Fsp3) is 0.263. The summed E-state index contributed by atoms with van der Waals surface area (Å²) in [5, 5.41) is 9.56.